The quantitative estimate of drug-likeness (QED) is 0.442. The van der Waals surface area contributed by atoms with Crippen molar-refractivity contribution in [2.75, 3.05) is 18.5 Å². The average molecular weight is 377 g/mol. The molecule has 27 heavy (non-hydrogen) atoms. The van der Waals surface area contributed by atoms with Crippen molar-refractivity contribution in [3.8, 4) is 0 Å². The maximum Gasteiger partial charge on any atom is 0.344 e. The number of rotatable bonds is 7. The molecular formula is C19H23NO7. The highest BCUT2D eigenvalue weighted by Gasteiger charge is 2.29. The number of hydrogen-bond acceptors (Lipinski definition) is 7. The van der Waals surface area contributed by atoms with Gasteiger partial charge in [-0.05, 0) is 40.0 Å². The summed E-state index contributed by atoms with van der Waals surface area (Å²) in [5, 5.41) is 2.37. The van der Waals surface area contributed by atoms with Crippen LogP contribution in [0.5, 0.6) is 0 Å². The molecule has 0 saturated carbocycles. The maximum absolute atomic E-state index is 12.2. The summed E-state index contributed by atoms with van der Waals surface area (Å²) in [6.45, 7) is 3.99. The number of esters is 2. The van der Waals surface area contributed by atoms with Crippen LogP contribution in [0.2, 0.25) is 0 Å². The highest BCUT2D eigenvalue weighted by molar-refractivity contribution is 6.10. The third-order valence-electron chi connectivity index (χ3n) is 4.12. The van der Waals surface area contributed by atoms with Crippen molar-refractivity contribution in [1.82, 2.24) is 0 Å². The first-order chi connectivity index (χ1) is 12.8. The van der Waals surface area contributed by atoms with Crippen molar-refractivity contribution in [2.24, 2.45) is 5.92 Å². The molecular weight excluding hydrogens is 354 g/mol. The van der Waals surface area contributed by atoms with E-state index in [0.29, 0.717) is 12.8 Å². The number of ether oxygens (including phenoxy) is 2. The van der Waals surface area contributed by atoms with Crippen LogP contribution in [0.3, 0.4) is 0 Å². The Morgan fingerprint density at radius 1 is 1.19 bits per heavy atom. The standard InChI is InChI=1S/C19H23NO7/c1-4-25-19(24)16-15(11(2)21)12(3)27-17(16)20-14(22)10-26-18(23)13-8-6-5-7-9-13/h5-6,13H,4,7-10H2,1-3H3,(H,20,22)/t13-/m1/s1. The third-order valence-corrected chi connectivity index (χ3v) is 4.12. The van der Waals surface area contributed by atoms with E-state index in [9.17, 15) is 19.2 Å². The van der Waals surface area contributed by atoms with Gasteiger partial charge in [-0.1, -0.05) is 12.2 Å². The van der Waals surface area contributed by atoms with Gasteiger partial charge < -0.3 is 13.9 Å². The van der Waals surface area contributed by atoms with Gasteiger partial charge in [0.05, 0.1) is 18.1 Å². The molecule has 0 unspecified atom stereocenters. The molecule has 0 radical (unpaired) electrons. The van der Waals surface area contributed by atoms with Crippen molar-refractivity contribution in [3.63, 3.8) is 0 Å². The fraction of sp³-hybridized carbons (Fsp3) is 0.474. The Morgan fingerprint density at radius 2 is 1.93 bits per heavy atom. The Morgan fingerprint density at radius 3 is 2.52 bits per heavy atom. The number of aryl methyl sites for hydroxylation is 1. The normalized spacial score (nSPS) is 15.9. The van der Waals surface area contributed by atoms with Crippen molar-refractivity contribution in [2.45, 2.75) is 40.0 Å². The molecule has 1 N–H and O–H groups in total. The van der Waals surface area contributed by atoms with Gasteiger partial charge in [-0.2, -0.15) is 0 Å². The Balaban J connectivity index is 2.07. The van der Waals surface area contributed by atoms with Crippen LogP contribution in [-0.2, 0) is 19.1 Å². The zero-order valence-electron chi connectivity index (χ0n) is 15.6. The molecule has 0 aliphatic heterocycles. The van der Waals surface area contributed by atoms with Crippen LogP contribution >= 0.6 is 0 Å². The van der Waals surface area contributed by atoms with E-state index in [1.165, 1.54) is 13.8 Å². The van der Waals surface area contributed by atoms with Gasteiger partial charge in [-0.15, -0.1) is 0 Å². The second-order valence-electron chi connectivity index (χ2n) is 6.15. The van der Waals surface area contributed by atoms with Crippen LogP contribution in [0.25, 0.3) is 0 Å². The molecule has 1 aliphatic carbocycles. The number of carbonyl (C=O) groups is 4. The first kappa shape index (κ1) is 20.4. The highest BCUT2D eigenvalue weighted by atomic mass is 16.5. The number of anilines is 1. The summed E-state index contributed by atoms with van der Waals surface area (Å²) < 4.78 is 15.3. The third kappa shape index (κ3) is 5.06. The fourth-order valence-corrected chi connectivity index (χ4v) is 2.88. The lowest BCUT2D eigenvalue weighted by Gasteiger charge is -2.16. The molecule has 146 valence electrons. The number of carbonyl (C=O) groups excluding carboxylic acids is 4. The number of hydrogen-bond donors (Lipinski definition) is 1. The van der Waals surface area contributed by atoms with Crippen molar-refractivity contribution < 1.29 is 33.1 Å². The summed E-state index contributed by atoms with van der Waals surface area (Å²) in [4.78, 5) is 48.1. The maximum atomic E-state index is 12.2. The summed E-state index contributed by atoms with van der Waals surface area (Å²) in [5.74, 6) is -2.56. The molecule has 0 bridgehead atoms. The van der Waals surface area contributed by atoms with E-state index >= 15 is 0 Å². The molecule has 1 atom stereocenters. The number of allylic oxidation sites excluding steroid dienone is 2. The summed E-state index contributed by atoms with van der Waals surface area (Å²) in [6, 6.07) is 0. The molecule has 8 heteroatoms. The van der Waals surface area contributed by atoms with Gasteiger partial charge in [-0.3, -0.25) is 19.7 Å². The Hall–Kier alpha value is -2.90. The van der Waals surface area contributed by atoms with Crippen LogP contribution in [0, 0.1) is 12.8 Å². The highest BCUT2D eigenvalue weighted by Crippen LogP contribution is 2.28. The van der Waals surface area contributed by atoms with Crippen molar-refractivity contribution in [3.05, 3.63) is 29.0 Å². The van der Waals surface area contributed by atoms with E-state index in [4.69, 9.17) is 13.9 Å². The van der Waals surface area contributed by atoms with E-state index in [0.717, 1.165) is 6.42 Å². The van der Waals surface area contributed by atoms with E-state index in [-0.39, 0.29) is 35.3 Å². The second-order valence-corrected chi connectivity index (χ2v) is 6.15. The Bertz CT molecular complexity index is 775. The minimum absolute atomic E-state index is 0.0507. The topological polar surface area (TPSA) is 112 Å². The van der Waals surface area contributed by atoms with Gasteiger partial charge in [-0.25, -0.2) is 4.79 Å². The Labute approximate surface area is 156 Å². The lowest BCUT2D eigenvalue weighted by atomic mass is 9.95. The van der Waals surface area contributed by atoms with Gasteiger partial charge in [0.15, 0.2) is 12.4 Å². The van der Waals surface area contributed by atoms with Crippen molar-refractivity contribution >= 4 is 29.5 Å². The largest absolute Gasteiger partial charge is 0.462 e. The summed E-state index contributed by atoms with van der Waals surface area (Å²) in [7, 11) is 0. The molecule has 1 amide bonds. The summed E-state index contributed by atoms with van der Waals surface area (Å²) in [6.07, 6.45) is 5.99. The molecule has 8 nitrogen and oxygen atoms in total. The predicted octanol–water partition coefficient (Wildman–Crippen LogP) is 2.81. The van der Waals surface area contributed by atoms with Crippen LogP contribution < -0.4 is 5.32 Å². The molecule has 0 fully saturated rings. The minimum atomic E-state index is -0.777. The lowest BCUT2D eigenvalue weighted by molar-refractivity contribution is -0.151. The van der Waals surface area contributed by atoms with Crippen LogP contribution in [0.1, 0.15) is 59.6 Å². The molecule has 1 heterocycles. The summed E-state index contributed by atoms with van der Waals surface area (Å²) >= 11 is 0. The second kappa shape index (κ2) is 9.16. The first-order valence-corrected chi connectivity index (χ1v) is 8.78. The van der Waals surface area contributed by atoms with E-state index in [1.807, 2.05) is 12.2 Å². The zero-order chi connectivity index (χ0) is 20.0. The molecule has 1 aromatic rings. The number of ketones is 1. The molecule has 1 aromatic heterocycles. The smallest absolute Gasteiger partial charge is 0.344 e. The van der Waals surface area contributed by atoms with E-state index in [1.54, 1.807) is 6.92 Å². The molecule has 0 spiro atoms. The number of amides is 1. The zero-order valence-corrected chi connectivity index (χ0v) is 15.6. The average Bonchev–Trinajstić information content (AvgIpc) is 2.96. The minimum Gasteiger partial charge on any atom is -0.462 e. The van der Waals surface area contributed by atoms with Crippen LogP contribution in [0.4, 0.5) is 5.88 Å². The number of furan rings is 1. The van der Waals surface area contributed by atoms with Crippen molar-refractivity contribution in [1.29, 1.82) is 0 Å². The monoisotopic (exact) mass is 377 g/mol. The van der Waals surface area contributed by atoms with E-state index in [2.05, 4.69) is 5.32 Å². The van der Waals surface area contributed by atoms with E-state index < -0.39 is 30.2 Å². The molecule has 0 saturated heterocycles. The molecule has 0 aromatic carbocycles. The number of Topliss-reactive ketones (excluding diaryl/α,β-unsaturated/α-hetero) is 1. The van der Waals surface area contributed by atoms with Crippen LogP contribution in [0.15, 0.2) is 16.6 Å². The van der Waals surface area contributed by atoms with Crippen LogP contribution in [-0.4, -0.2) is 36.8 Å². The molecule has 2 rings (SSSR count). The van der Waals surface area contributed by atoms with Gasteiger partial charge in [0, 0.05) is 0 Å². The first-order valence-electron chi connectivity index (χ1n) is 8.78. The predicted molar refractivity (Wildman–Crippen MR) is 95.5 cm³/mol. The SMILES string of the molecule is CCOC(=O)c1c(NC(=O)COC(=O)[C@@H]2CC=CCC2)oc(C)c1C(C)=O. The number of nitrogens with one attached hydrogen (secondary N) is 1. The van der Waals surface area contributed by atoms with Gasteiger partial charge in [0.2, 0.25) is 5.88 Å². The van der Waals surface area contributed by atoms with Gasteiger partial charge in [0.1, 0.15) is 11.3 Å². The Kier molecular flexibility index (Phi) is 6.92. The van der Waals surface area contributed by atoms with Gasteiger partial charge in [0.25, 0.3) is 5.91 Å². The lowest BCUT2D eigenvalue weighted by Crippen LogP contribution is -2.25. The summed E-state index contributed by atoms with van der Waals surface area (Å²) in [5.41, 5.74) is -0.0892. The molecule has 1 aliphatic rings. The fourth-order valence-electron chi connectivity index (χ4n) is 2.88. The van der Waals surface area contributed by atoms with Gasteiger partial charge >= 0.3 is 11.9 Å².